The van der Waals surface area contributed by atoms with Gasteiger partial charge in [0, 0.05) is 18.2 Å². The summed E-state index contributed by atoms with van der Waals surface area (Å²) in [5.41, 5.74) is 12.8. The molecule has 0 radical (unpaired) electrons. The van der Waals surface area contributed by atoms with Gasteiger partial charge in [0.05, 0.1) is 11.4 Å². The standard InChI is InChI=1S/C17H19N3/c1-12-6-5-7-14(13(12)2)17-15(9-10-18)19-16-8-3-4-11-20(16)17/h3-8,11H,9-10,18H2,1-2H3. The zero-order valence-electron chi connectivity index (χ0n) is 11.9. The van der Waals surface area contributed by atoms with Crippen molar-refractivity contribution < 1.29 is 0 Å². The lowest BCUT2D eigenvalue weighted by atomic mass is 9.99. The molecule has 20 heavy (non-hydrogen) atoms. The fourth-order valence-electron chi connectivity index (χ4n) is 2.65. The lowest BCUT2D eigenvalue weighted by Crippen LogP contribution is -2.05. The van der Waals surface area contributed by atoms with Crippen LogP contribution in [0.4, 0.5) is 0 Å². The Balaban J connectivity index is 2.33. The monoisotopic (exact) mass is 265 g/mol. The molecule has 0 aliphatic heterocycles. The van der Waals surface area contributed by atoms with Crippen LogP contribution >= 0.6 is 0 Å². The quantitative estimate of drug-likeness (QED) is 0.790. The van der Waals surface area contributed by atoms with Gasteiger partial charge in [-0.05, 0) is 43.7 Å². The molecule has 0 fully saturated rings. The van der Waals surface area contributed by atoms with E-state index < -0.39 is 0 Å². The molecule has 3 nitrogen and oxygen atoms in total. The van der Waals surface area contributed by atoms with Gasteiger partial charge in [-0.25, -0.2) is 4.98 Å². The van der Waals surface area contributed by atoms with Crippen LogP contribution in [0.3, 0.4) is 0 Å². The number of imidazole rings is 1. The second-order valence-corrected chi connectivity index (χ2v) is 5.12. The third-order valence-electron chi connectivity index (χ3n) is 3.84. The van der Waals surface area contributed by atoms with Gasteiger partial charge in [-0.1, -0.05) is 24.3 Å². The van der Waals surface area contributed by atoms with Gasteiger partial charge in [-0.2, -0.15) is 0 Å². The second-order valence-electron chi connectivity index (χ2n) is 5.12. The molecular weight excluding hydrogens is 246 g/mol. The molecule has 0 aliphatic carbocycles. The van der Waals surface area contributed by atoms with E-state index in [-0.39, 0.29) is 0 Å². The number of rotatable bonds is 3. The van der Waals surface area contributed by atoms with Gasteiger partial charge in [0.1, 0.15) is 5.65 Å². The molecule has 3 heteroatoms. The molecule has 0 saturated carbocycles. The predicted molar refractivity (Wildman–Crippen MR) is 82.9 cm³/mol. The van der Waals surface area contributed by atoms with Crippen LogP contribution in [0.1, 0.15) is 16.8 Å². The topological polar surface area (TPSA) is 43.3 Å². The predicted octanol–water partition coefficient (Wildman–Crippen LogP) is 3.12. The maximum atomic E-state index is 5.75. The summed E-state index contributed by atoms with van der Waals surface area (Å²) in [7, 11) is 0. The molecule has 0 atom stereocenters. The minimum Gasteiger partial charge on any atom is -0.330 e. The summed E-state index contributed by atoms with van der Waals surface area (Å²) < 4.78 is 2.16. The Bertz CT molecular complexity index is 756. The lowest BCUT2D eigenvalue weighted by Gasteiger charge is -2.10. The first-order chi connectivity index (χ1) is 9.72. The Labute approximate surface area is 119 Å². The molecule has 3 aromatic rings. The fourth-order valence-corrected chi connectivity index (χ4v) is 2.65. The van der Waals surface area contributed by atoms with E-state index in [1.54, 1.807) is 0 Å². The summed E-state index contributed by atoms with van der Waals surface area (Å²) in [6.07, 6.45) is 2.86. The molecule has 0 spiro atoms. The summed E-state index contributed by atoms with van der Waals surface area (Å²) in [5, 5.41) is 0. The SMILES string of the molecule is Cc1cccc(-c2c(CCN)nc3ccccn23)c1C. The van der Waals surface area contributed by atoms with Crippen molar-refractivity contribution in [2.24, 2.45) is 5.73 Å². The smallest absolute Gasteiger partial charge is 0.137 e. The van der Waals surface area contributed by atoms with Crippen LogP contribution < -0.4 is 5.73 Å². The average Bonchev–Trinajstić information content (AvgIpc) is 2.80. The maximum absolute atomic E-state index is 5.75. The van der Waals surface area contributed by atoms with Crippen molar-refractivity contribution in [1.82, 2.24) is 9.38 Å². The van der Waals surface area contributed by atoms with E-state index in [1.165, 1.54) is 22.4 Å². The van der Waals surface area contributed by atoms with Crippen LogP contribution in [-0.4, -0.2) is 15.9 Å². The molecular formula is C17H19N3. The van der Waals surface area contributed by atoms with E-state index >= 15 is 0 Å². The van der Waals surface area contributed by atoms with E-state index in [0.29, 0.717) is 6.54 Å². The normalized spacial score (nSPS) is 11.2. The molecule has 3 rings (SSSR count). The summed E-state index contributed by atoms with van der Waals surface area (Å²) >= 11 is 0. The Morgan fingerprint density at radius 3 is 2.75 bits per heavy atom. The van der Waals surface area contributed by atoms with Crippen LogP contribution in [0.25, 0.3) is 16.9 Å². The largest absolute Gasteiger partial charge is 0.330 e. The van der Waals surface area contributed by atoms with Crippen LogP contribution in [0.5, 0.6) is 0 Å². The summed E-state index contributed by atoms with van der Waals surface area (Å²) in [6, 6.07) is 12.5. The molecule has 1 aromatic carbocycles. The van der Waals surface area contributed by atoms with Gasteiger partial charge in [0.25, 0.3) is 0 Å². The van der Waals surface area contributed by atoms with Gasteiger partial charge in [-0.15, -0.1) is 0 Å². The second kappa shape index (κ2) is 5.10. The first-order valence-corrected chi connectivity index (χ1v) is 6.95. The van der Waals surface area contributed by atoms with Gasteiger partial charge < -0.3 is 5.73 Å². The number of hydrogen-bond donors (Lipinski definition) is 1. The molecule has 0 aliphatic rings. The van der Waals surface area contributed by atoms with E-state index in [1.807, 2.05) is 18.2 Å². The number of hydrogen-bond acceptors (Lipinski definition) is 2. The van der Waals surface area contributed by atoms with Crippen molar-refractivity contribution in [2.75, 3.05) is 6.54 Å². The minimum atomic E-state index is 0.613. The number of aryl methyl sites for hydroxylation is 1. The fraction of sp³-hybridized carbons (Fsp3) is 0.235. The van der Waals surface area contributed by atoms with E-state index in [0.717, 1.165) is 17.8 Å². The third kappa shape index (κ3) is 2.00. The number of benzene rings is 1. The third-order valence-corrected chi connectivity index (χ3v) is 3.84. The number of aromatic nitrogens is 2. The van der Waals surface area contributed by atoms with Crippen LogP contribution in [0.2, 0.25) is 0 Å². The summed E-state index contributed by atoms with van der Waals surface area (Å²) in [6.45, 7) is 4.92. The molecule has 2 heterocycles. The first-order valence-electron chi connectivity index (χ1n) is 6.95. The minimum absolute atomic E-state index is 0.613. The van der Waals surface area contributed by atoms with E-state index in [4.69, 9.17) is 10.7 Å². The van der Waals surface area contributed by atoms with Crippen LogP contribution in [0, 0.1) is 13.8 Å². The van der Waals surface area contributed by atoms with Gasteiger partial charge in [0.2, 0.25) is 0 Å². The highest BCUT2D eigenvalue weighted by Gasteiger charge is 2.15. The van der Waals surface area contributed by atoms with Crippen molar-refractivity contribution in [3.8, 4) is 11.3 Å². The highest BCUT2D eigenvalue weighted by Crippen LogP contribution is 2.29. The Morgan fingerprint density at radius 2 is 1.95 bits per heavy atom. The highest BCUT2D eigenvalue weighted by molar-refractivity contribution is 5.71. The highest BCUT2D eigenvalue weighted by atomic mass is 15.0. The summed E-state index contributed by atoms with van der Waals surface area (Å²) in [5.74, 6) is 0. The molecule has 0 unspecified atom stereocenters. The number of pyridine rings is 1. The first kappa shape index (κ1) is 12.9. The molecule has 0 bridgehead atoms. The van der Waals surface area contributed by atoms with Gasteiger partial charge in [-0.3, -0.25) is 4.40 Å². The Kier molecular flexibility index (Phi) is 3.28. The lowest BCUT2D eigenvalue weighted by molar-refractivity contribution is 0.939. The average molecular weight is 265 g/mol. The van der Waals surface area contributed by atoms with Crippen molar-refractivity contribution in [3.05, 3.63) is 59.4 Å². The van der Waals surface area contributed by atoms with Crippen molar-refractivity contribution in [2.45, 2.75) is 20.3 Å². The van der Waals surface area contributed by atoms with E-state index in [9.17, 15) is 0 Å². The van der Waals surface area contributed by atoms with Crippen molar-refractivity contribution in [1.29, 1.82) is 0 Å². The van der Waals surface area contributed by atoms with E-state index in [2.05, 4.69) is 42.6 Å². The molecule has 102 valence electrons. The Hall–Kier alpha value is -2.13. The number of nitrogens with zero attached hydrogens (tertiary/aromatic N) is 2. The van der Waals surface area contributed by atoms with Crippen molar-refractivity contribution >= 4 is 5.65 Å². The number of fused-ring (bicyclic) bond motifs is 1. The number of nitrogens with two attached hydrogens (primary N) is 1. The molecule has 2 aromatic heterocycles. The zero-order valence-corrected chi connectivity index (χ0v) is 11.9. The maximum Gasteiger partial charge on any atom is 0.137 e. The summed E-state index contributed by atoms with van der Waals surface area (Å²) in [4.78, 5) is 4.73. The van der Waals surface area contributed by atoms with Crippen LogP contribution in [0.15, 0.2) is 42.6 Å². The van der Waals surface area contributed by atoms with Gasteiger partial charge in [0.15, 0.2) is 0 Å². The molecule has 0 amide bonds. The van der Waals surface area contributed by atoms with Gasteiger partial charge >= 0.3 is 0 Å². The Morgan fingerprint density at radius 1 is 1.10 bits per heavy atom. The van der Waals surface area contributed by atoms with Crippen LogP contribution in [-0.2, 0) is 6.42 Å². The molecule has 0 saturated heterocycles. The molecule has 2 N–H and O–H groups in total. The van der Waals surface area contributed by atoms with Crippen molar-refractivity contribution in [3.63, 3.8) is 0 Å². The zero-order chi connectivity index (χ0) is 14.1.